The number of hydrogen-bond donors (Lipinski definition) is 0. The Balaban J connectivity index is 1.78. The molecule has 0 aliphatic carbocycles. The summed E-state index contributed by atoms with van der Waals surface area (Å²) in [6, 6.07) is 11.0. The predicted octanol–water partition coefficient (Wildman–Crippen LogP) is 6.77. The van der Waals surface area contributed by atoms with E-state index in [-0.39, 0.29) is 0 Å². The SMILES string of the molecule is FC(F)(F)c1ccc2nc(SSc3ccc(Cl)cc3)sc2c1. The Morgan fingerprint density at radius 2 is 1.73 bits per heavy atom. The number of aromatic nitrogens is 1. The molecule has 1 nitrogen and oxygen atoms in total. The van der Waals surface area contributed by atoms with Crippen molar-refractivity contribution < 1.29 is 13.2 Å². The van der Waals surface area contributed by atoms with Gasteiger partial charge in [0.05, 0.1) is 15.8 Å². The van der Waals surface area contributed by atoms with Crippen LogP contribution < -0.4 is 0 Å². The van der Waals surface area contributed by atoms with E-state index in [0.717, 1.165) is 17.0 Å². The molecule has 0 fully saturated rings. The average Bonchev–Trinajstić information content (AvgIpc) is 2.87. The highest BCUT2D eigenvalue weighted by atomic mass is 35.5. The number of nitrogens with zero attached hydrogens (tertiary/aromatic N) is 1. The minimum atomic E-state index is -4.33. The third-order valence-corrected chi connectivity index (χ3v) is 6.68. The van der Waals surface area contributed by atoms with E-state index in [0.29, 0.717) is 19.6 Å². The Bertz CT molecular complexity index is 799. The van der Waals surface area contributed by atoms with Crippen LogP contribution in [0.4, 0.5) is 13.2 Å². The molecule has 2 aromatic carbocycles. The van der Waals surface area contributed by atoms with Crippen LogP contribution in [0, 0.1) is 0 Å². The Hall–Kier alpha value is -0.890. The standard InChI is InChI=1S/C14H7ClF3NS3/c15-9-2-4-10(5-3-9)21-22-13-19-11-6-1-8(14(16,17)18)7-12(11)20-13/h1-7H. The van der Waals surface area contributed by atoms with Gasteiger partial charge in [0.2, 0.25) is 0 Å². The molecule has 3 rings (SSSR count). The van der Waals surface area contributed by atoms with Crippen molar-refractivity contribution in [3.8, 4) is 0 Å². The van der Waals surface area contributed by atoms with Gasteiger partial charge in [-0.2, -0.15) is 13.2 Å². The van der Waals surface area contributed by atoms with E-state index < -0.39 is 11.7 Å². The number of rotatable bonds is 3. The maximum atomic E-state index is 12.7. The number of halogens is 4. The average molecular weight is 378 g/mol. The Morgan fingerprint density at radius 1 is 1.00 bits per heavy atom. The molecule has 8 heteroatoms. The predicted molar refractivity (Wildman–Crippen MR) is 87.8 cm³/mol. The molecule has 0 bridgehead atoms. The van der Waals surface area contributed by atoms with E-state index in [1.165, 1.54) is 39.0 Å². The zero-order valence-electron chi connectivity index (χ0n) is 10.7. The van der Waals surface area contributed by atoms with Gasteiger partial charge < -0.3 is 0 Å². The first kappa shape index (κ1) is 16.0. The van der Waals surface area contributed by atoms with E-state index in [2.05, 4.69) is 4.98 Å². The molecule has 0 aliphatic rings. The lowest BCUT2D eigenvalue weighted by atomic mass is 10.2. The maximum absolute atomic E-state index is 12.7. The molecule has 3 aromatic rings. The maximum Gasteiger partial charge on any atom is 0.416 e. The second kappa shape index (κ2) is 6.31. The van der Waals surface area contributed by atoms with Crippen LogP contribution in [0.15, 0.2) is 51.7 Å². The fraction of sp³-hybridized carbons (Fsp3) is 0.0714. The van der Waals surface area contributed by atoms with Crippen LogP contribution in [-0.4, -0.2) is 4.98 Å². The summed E-state index contributed by atoms with van der Waals surface area (Å²) in [5.74, 6) is 0. The van der Waals surface area contributed by atoms with E-state index in [1.807, 2.05) is 12.1 Å². The highest BCUT2D eigenvalue weighted by Crippen LogP contribution is 2.42. The minimum Gasteiger partial charge on any atom is -0.229 e. The summed E-state index contributed by atoms with van der Waals surface area (Å²) in [6.07, 6.45) is -4.33. The lowest BCUT2D eigenvalue weighted by Crippen LogP contribution is -2.03. The van der Waals surface area contributed by atoms with Crippen LogP contribution in [0.2, 0.25) is 5.02 Å². The van der Waals surface area contributed by atoms with Crippen LogP contribution in [-0.2, 0) is 6.18 Å². The molecule has 0 spiro atoms. The van der Waals surface area contributed by atoms with Gasteiger partial charge in [-0.25, -0.2) is 4.98 Å². The van der Waals surface area contributed by atoms with Gasteiger partial charge in [0.15, 0.2) is 4.34 Å². The van der Waals surface area contributed by atoms with Crippen molar-refractivity contribution in [3.05, 3.63) is 53.1 Å². The summed E-state index contributed by atoms with van der Waals surface area (Å²) in [7, 11) is 2.91. The normalized spacial score (nSPS) is 12.0. The van der Waals surface area contributed by atoms with Crippen molar-refractivity contribution in [3.63, 3.8) is 0 Å². The molecule has 0 radical (unpaired) electrons. The number of thiazole rings is 1. The molecule has 0 unspecified atom stereocenters. The fourth-order valence-electron chi connectivity index (χ4n) is 1.69. The van der Waals surface area contributed by atoms with Crippen molar-refractivity contribution in [2.24, 2.45) is 0 Å². The summed E-state index contributed by atoms with van der Waals surface area (Å²) in [6.45, 7) is 0. The number of fused-ring (bicyclic) bond motifs is 1. The highest BCUT2D eigenvalue weighted by molar-refractivity contribution is 8.77. The quantitative estimate of drug-likeness (QED) is 0.467. The van der Waals surface area contributed by atoms with Gasteiger partial charge in [0.1, 0.15) is 0 Å². The number of hydrogen-bond acceptors (Lipinski definition) is 4. The Morgan fingerprint density at radius 3 is 2.41 bits per heavy atom. The molecule has 0 aliphatic heterocycles. The molecule has 22 heavy (non-hydrogen) atoms. The molecular formula is C14H7ClF3NS3. The van der Waals surface area contributed by atoms with Crippen molar-refractivity contribution in [1.29, 1.82) is 0 Å². The summed E-state index contributed by atoms with van der Waals surface area (Å²) in [4.78, 5) is 5.34. The van der Waals surface area contributed by atoms with Gasteiger partial charge in [-0.1, -0.05) is 22.4 Å². The van der Waals surface area contributed by atoms with E-state index in [1.54, 1.807) is 12.1 Å². The molecule has 1 heterocycles. The minimum absolute atomic E-state index is 0.536. The summed E-state index contributed by atoms with van der Waals surface area (Å²) < 4.78 is 39.3. The first-order valence-corrected chi connectivity index (χ1v) is 9.34. The van der Waals surface area contributed by atoms with E-state index in [4.69, 9.17) is 11.6 Å². The third-order valence-electron chi connectivity index (χ3n) is 2.72. The van der Waals surface area contributed by atoms with Gasteiger partial charge in [-0.05, 0) is 53.3 Å². The summed E-state index contributed by atoms with van der Waals surface area (Å²) in [5.41, 5.74) is -0.0669. The van der Waals surface area contributed by atoms with Crippen LogP contribution in [0.25, 0.3) is 10.2 Å². The molecule has 0 saturated carbocycles. The molecule has 0 atom stereocenters. The van der Waals surface area contributed by atoms with E-state index in [9.17, 15) is 13.2 Å². The van der Waals surface area contributed by atoms with Crippen molar-refractivity contribution >= 4 is 54.7 Å². The van der Waals surface area contributed by atoms with E-state index >= 15 is 0 Å². The molecule has 114 valence electrons. The van der Waals surface area contributed by atoms with Gasteiger partial charge in [0.25, 0.3) is 0 Å². The molecule has 0 saturated heterocycles. The zero-order chi connectivity index (χ0) is 15.7. The smallest absolute Gasteiger partial charge is 0.229 e. The van der Waals surface area contributed by atoms with Gasteiger partial charge in [-0.3, -0.25) is 0 Å². The topological polar surface area (TPSA) is 12.9 Å². The monoisotopic (exact) mass is 377 g/mol. The second-order valence-corrected chi connectivity index (χ2v) is 8.20. The lowest BCUT2D eigenvalue weighted by Gasteiger charge is -2.04. The van der Waals surface area contributed by atoms with Crippen molar-refractivity contribution in [1.82, 2.24) is 4.98 Å². The van der Waals surface area contributed by atoms with Crippen LogP contribution in [0.5, 0.6) is 0 Å². The van der Waals surface area contributed by atoms with Gasteiger partial charge in [0, 0.05) is 9.92 Å². The van der Waals surface area contributed by atoms with Crippen LogP contribution in [0.1, 0.15) is 5.56 Å². The van der Waals surface area contributed by atoms with Crippen molar-refractivity contribution in [2.75, 3.05) is 0 Å². The third kappa shape index (κ3) is 3.71. The fourth-order valence-corrected chi connectivity index (χ4v) is 5.07. The molecule has 0 amide bonds. The first-order chi connectivity index (χ1) is 10.4. The largest absolute Gasteiger partial charge is 0.416 e. The lowest BCUT2D eigenvalue weighted by molar-refractivity contribution is -0.137. The number of alkyl halides is 3. The van der Waals surface area contributed by atoms with Crippen molar-refractivity contribution in [2.45, 2.75) is 15.4 Å². The zero-order valence-corrected chi connectivity index (χ0v) is 13.9. The first-order valence-electron chi connectivity index (χ1n) is 6.00. The molecular weight excluding hydrogens is 371 g/mol. The molecule has 0 N–H and O–H groups in total. The van der Waals surface area contributed by atoms with Crippen LogP contribution >= 0.6 is 44.5 Å². The second-order valence-electron chi connectivity index (χ2n) is 4.28. The highest BCUT2D eigenvalue weighted by Gasteiger charge is 2.30. The Labute approximate surface area is 141 Å². The molecule has 1 aromatic heterocycles. The van der Waals surface area contributed by atoms with Gasteiger partial charge in [-0.15, -0.1) is 11.3 Å². The van der Waals surface area contributed by atoms with Crippen LogP contribution in [0.3, 0.4) is 0 Å². The summed E-state index contributed by atoms with van der Waals surface area (Å²) in [5, 5.41) is 0.661. The summed E-state index contributed by atoms with van der Waals surface area (Å²) >= 11 is 7.07. The Kier molecular flexibility index (Phi) is 4.59. The number of benzene rings is 2. The van der Waals surface area contributed by atoms with Gasteiger partial charge >= 0.3 is 6.18 Å².